The summed E-state index contributed by atoms with van der Waals surface area (Å²) in [5.74, 6) is 1.92. The Hall–Kier alpha value is -2.09. The van der Waals surface area contributed by atoms with Crippen LogP contribution in [0.1, 0.15) is 79.8 Å². The molecule has 0 aromatic heterocycles. The predicted octanol–water partition coefficient (Wildman–Crippen LogP) is 6.54. The minimum atomic E-state index is -0.291. The van der Waals surface area contributed by atoms with E-state index in [4.69, 9.17) is 4.74 Å². The Labute approximate surface area is 157 Å². The summed E-state index contributed by atoms with van der Waals surface area (Å²) >= 11 is 0. The Morgan fingerprint density at radius 3 is 2.15 bits per heavy atom. The first-order valence-corrected chi connectivity index (χ1v) is 10.1. The van der Waals surface area contributed by atoms with Crippen LogP contribution < -0.4 is 4.74 Å². The number of rotatable bonds is 6. The van der Waals surface area contributed by atoms with Gasteiger partial charge in [-0.15, -0.1) is 0 Å². The molecule has 138 valence electrons. The average Bonchev–Trinajstić information content (AvgIpc) is 2.69. The fourth-order valence-corrected chi connectivity index (χ4v) is 4.04. The van der Waals surface area contributed by atoms with Crippen molar-refractivity contribution in [2.45, 2.75) is 64.7 Å². The van der Waals surface area contributed by atoms with E-state index in [1.54, 1.807) is 0 Å². The molecule has 0 saturated heterocycles. The molecule has 2 heteroatoms. The van der Waals surface area contributed by atoms with Crippen molar-refractivity contribution in [2.75, 3.05) is 0 Å². The maximum Gasteiger partial charge on any atom is 0.343 e. The van der Waals surface area contributed by atoms with Crippen molar-refractivity contribution in [3.05, 3.63) is 65.2 Å². The van der Waals surface area contributed by atoms with E-state index in [1.807, 2.05) is 36.4 Å². The molecule has 0 amide bonds. The number of ether oxygens (including phenoxy) is 1. The van der Waals surface area contributed by atoms with Crippen molar-refractivity contribution in [3.63, 3.8) is 0 Å². The van der Waals surface area contributed by atoms with Crippen molar-refractivity contribution in [1.82, 2.24) is 0 Å². The van der Waals surface area contributed by atoms with Gasteiger partial charge in [-0.05, 0) is 79.3 Å². The lowest BCUT2D eigenvalue weighted by Crippen LogP contribution is -2.13. The molecule has 0 atom stereocenters. The van der Waals surface area contributed by atoms with E-state index in [0.29, 0.717) is 17.2 Å². The van der Waals surface area contributed by atoms with Gasteiger partial charge < -0.3 is 4.74 Å². The van der Waals surface area contributed by atoms with Crippen LogP contribution in [0.4, 0.5) is 0 Å². The second kappa shape index (κ2) is 9.02. The van der Waals surface area contributed by atoms with Crippen LogP contribution in [-0.4, -0.2) is 5.97 Å². The number of carbonyl (C=O) groups is 1. The molecule has 2 aromatic carbocycles. The lowest BCUT2D eigenvalue weighted by atomic mass is 9.77. The van der Waals surface area contributed by atoms with E-state index >= 15 is 0 Å². The van der Waals surface area contributed by atoms with Crippen LogP contribution in [0.5, 0.6) is 5.75 Å². The number of benzene rings is 2. The molecule has 0 spiro atoms. The van der Waals surface area contributed by atoms with Crippen LogP contribution in [0.25, 0.3) is 0 Å². The third-order valence-corrected chi connectivity index (χ3v) is 5.70. The summed E-state index contributed by atoms with van der Waals surface area (Å²) in [7, 11) is 0. The Balaban J connectivity index is 1.56. The summed E-state index contributed by atoms with van der Waals surface area (Å²) < 4.78 is 5.53. The first-order chi connectivity index (χ1) is 12.7. The van der Waals surface area contributed by atoms with Gasteiger partial charge in [0.05, 0.1) is 5.56 Å². The van der Waals surface area contributed by atoms with Gasteiger partial charge in [0, 0.05) is 0 Å². The maximum atomic E-state index is 12.3. The minimum Gasteiger partial charge on any atom is -0.423 e. The molecule has 1 aliphatic carbocycles. The van der Waals surface area contributed by atoms with Gasteiger partial charge in [0.2, 0.25) is 0 Å². The second-order valence-corrected chi connectivity index (χ2v) is 7.52. The molecule has 2 aromatic rings. The zero-order valence-corrected chi connectivity index (χ0v) is 16.0. The number of hydrogen-bond acceptors (Lipinski definition) is 2. The smallest absolute Gasteiger partial charge is 0.343 e. The average molecular weight is 351 g/mol. The molecule has 0 N–H and O–H groups in total. The molecule has 0 bridgehead atoms. The number of carbonyl (C=O) groups excluding carboxylic acids is 1. The Bertz CT molecular complexity index is 692. The maximum absolute atomic E-state index is 12.3. The number of esters is 1. The van der Waals surface area contributed by atoms with E-state index in [0.717, 1.165) is 12.3 Å². The summed E-state index contributed by atoms with van der Waals surface area (Å²) in [6.45, 7) is 4.38. The van der Waals surface area contributed by atoms with Crippen LogP contribution in [0.15, 0.2) is 48.5 Å². The zero-order valence-electron chi connectivity index (χ0n) is 16.0. The largest absolute Gasteiger partial charge is 0.423 e. The SMILES string of the molecule is CCCC1CCC(c2ccc(OC(=O)c3ccc(CC)cc3)cc2)CC1. The summed E-state index contributed by atoms with van der Waals surface area (Å²) in [4.78, 5) is 12.3. The monoisotopic (exact) mass is 350 g/mol. The highest BCUT2D eigenvalue weighted by atomic mass is 16.5. The van der Waals surface area contributed by atoms with Gasteiger partial charge >= 0.3 is 5.97 Å². The fraction of sp³-hybridized carbons (Fsp3) is 0.458. The van der Waals surface area contributed by atoms with Crippen LogP contribution in [0.2, 0.25) is 0 Å². The van der Waals surface area contributed by atoms with Gasteiger partial charge in [-0.25, -0.2) is 4.79 Å². The Morgan fingerprint density at radius 1 is 0.923 bits per heavy atom. The molecule has 0 heterocycles. The van der Waals surface area contributed by atoms with E-state index in [-0.39, 0.29) is 5.97 Å². The summed E-state index contributed by atoms with van der Waals surface area (Å²) in [5.41, 5.74) is 3.20. The van der Waals surface area contributed by atoms with E-state index < -0.39 is 0 Å². The van der Waals surface area contributed by atoms with Gasteiger partial charge in [-0.1, -0.05) is 51.0 Å². The highest BCUT2D eigenvalue weighted by Gasteiger charge is 2.21. The van der Waals surface area contributed by atoms with Gasteiger partial charge in [0.25, 0.3) is 0 Å². The summed E-state index contributed by atoms with van der Waals surface area (Å²) in [6, 6.07) is 15.8. The first-order valence-electron chi connectivity index (χ1n) is 10.1. The topological polar surface area (TPSA) is 26.3 Å². The second-order valence-electron chi connectivity index (χ2n) is 7.52. The van der Waals surface area contributed by atoms with Crippen molar-refractivity contribution in [3.8, 4) is 5.75 Å². The van der Waals surface area contributed by atoms with Gasteiger partial charge in [0.1, 0.15) is 5.75 Å². The molecule has 1 aliphatic rings. The van der Waals surface area contributed by atoms with E-state index in [9.17, 15) is 4.79 Å². The lowest BCUT2D eigenvalue weighted by Gasteiger charge is -2.28. The molecular weight excluding hydrogens is 320 g/mol. The van der Waals surface area contributed by atoms with Crippen molar-refractivity contribution in [2.24, 2.45) is 5.92 Å². The Kier molecular flexibility index (Phi) is 6.49. The quantitative estimate of drug-likeness (QED) is 0.436. The summed E-state index contributed by atoms with van der Waals surface area (Å²) in [6.07, 6.45) is 8.92. The molecule has 1 saturated carbocycles. The summed E-state index contributed by atoms with van der Waals surface area (Å²) in [5, 5.41) is 0. The standard InChI is InChI=1S/C24H30O2/c1-3-5-19-8-10-20(11-9-19)21-14-16-23(17-15-21)26-24(25)22-12-6-18(4-2)7-13-22/h6-7,12-17,19-20H,3-5,8-11H2,1-2H3. The molecule has 1 fully saturated rings. The molecule has 26 heavy (non-hydrogen) atoms. The molecule has 2 nitrogen and oxygen atoms in total. The zero-order chi connectivity index (χ0) is 18.4. The van der Waals surface area contributed by atoms with Crippen LogP contribution in [0.3, 0.4) is 0 Å². The minimum absolute atomic E-state index is 0.291. The molecular formula is C24H30O2. The molecule has 0 unspecified atom stereocenters. The van der Waals surface area contributed by atoms with Gasteiger partial charge in [0.15, 0.2) is 0 Å². The fourth-order valence-electron chi connectivity index (χ4n) is 4.04. The van der Waals surface area contributed by atoms with Crippen molar-refractivity contribution >= 4 is 5.97 Å². The normalized spacial score (nSPS) is 19.9. The number of aryl methyl sites for hydroxylation is 1. The predicted molar refractivity (Wildman–Crippen MR) is 107 cm³/mol. The Morgan fingerprint density at radius 2 is 1.58 bits per heavy atom. The molecule has 0 aliphatic heterocycles. The van der Waals surface area contributed by atoms with E-state index in [2.05, 4.69) is 26.0 Å². The van der Waals surface area contributed by atoms with Crippen molar-refractivity contribution in [1.29, 1.82) is 0 Å². The van der Waals surface area contributed by atoms with Gasteiger partial charge in [-0.3, -0.25) is 0 Å². The van der Waals surface area contributed by atoms with Gasteiger partial charge in [-0.2, -0.15) is 0 Å². The highest BCUT2D eigenvalue weighted by molar-refractivity contribution is 5.91. The van der Waals surface area contributed by atoms with Crippen molar-refractivity contribution < 1.29 is 9.53 Å². The van der Waals surface area contributed by atoms with Crippen LogP contribution in [0, 0.1) is 5.92 Å². The number of hydrogen-bond donors (Lipinski definition) is 0. The van der Waals surface area contributed by atoms with Crippen LogP contribution >= 0.6 is 0 Å². The first kappa shape index (κ1) is 18.7. The third-order valence-electron chi connectivity index (χ3n) is 5.70. The lowest BCUT2D eigenvalue weighted by molar-refractivity contribution is 0.0734. The van der Waals surface area contributed by atoms with Crippen LogP contribution in [-0.2, 0) is 6.42 Å². The van der Waals surface area contributed by atoms with E-state index in [1.165, 1.54) is 49.7 Å². The third kappa shape index (κ3) is 4.75. The highest BCUT2D eigenvalue weighted by Crippen LogP contribution is 2.37. The molecule has 3 rings (SSSR count). The molecule has 0 radical (unpaired) electrons.